The SMILES string of the molecule is CCC1CN(c2cc(C(=O)O)ccn2)CC(CC)O1. The molecule has 0 amide bonds. The van der Waals surface area contributed by atoms with E-state index in [9.17, 15) is 4.79 Å². The maximum absolute atomic E-state index is 11.0. The van der Waals surface area contributed by atoms with Crippen molar-refractivity contribution in [3.63, 3.8) is 0 Å². The van der Waals surface area contributed by atoms with Gasteiger partial charge in [0.15, 0.2) is 0 Å². The Balaban J connectivity index is 2.19. The van der Waals surface area contributed by atoms with E-state index in [0.29, 0.717) is 0 Å². The molecule has 5 nitrogen and oxygen atoms in total. The Morgan fingerprint density at radius 1 is 1.42 bits per heavy atom. The Bertz CT molecular complexity index is 438. The van der Waals surface area contributed by atoms with Gasteiger partial charge < -0.3 is 14.7 Å². The fourth-order valence-electron chi connectivity index (χ4n) is 2.29. The lowest BCUT2D eigenvalue weighted by molar-refractivity contribution is -0.0287. The van der Waals surface area contributed by atoms with Crippen molar-refractivity contribution in [3.8, 4) is 0 Å². The number of aromatic carboxylic acids is 1. The predicted octanol–water partition coefficient (Wildman–Crippen LogP) is 2.17. The van der Waals surface area contributed by atoms with Gasteiger partial charge in [-0.05, 0) is 25.0 Å². The number of carboxylic acid groups (broad SMARTS) is 1. The number of rotatable bonds is 4. The summed E-state index contributed by atoms with van der Waals surface area (Å²) < 4.78 is 5.93. The van der Waals surface area contributed by atoms with Gasteiger partial charge in [0.25, 0.3) is 0 Å². The van der Waals surface area contributed by atoms with Crippen LogP contribution in [0.1, 0.15) is 37.0 Å². The van der Waals surface area contributed by atoms with Crippen LogP contribution in [-0.2, 0) is 4.74 Å². The molecule has 1 N–H and O–H groups in total. The summed E-state index contributed by atoms with van der Waals surface area (Å²) in [5.41, 5.74) is 0.276. The van der Waals surface area contributed by atoms with Crippen LogP contribution < -0.4 is 4.90 Å². The van der Waals surface area contributed by atoms with Gasteiger partial charge in [-0.25, -0.2) is 9.78 Å². The first-order valence-electron chi connectivity index (χ1n) is 6.73. The van der Waals surface area contributed by atoms with Crippen LogP contribution in [0, 0.1) is 0 Å². The smallest absolute Gasteiger partial charge is 0.335 e. The van der Waals surface area contributed by atoms with Gasteiger partial charge in [0.2, 0.25) is 0 Å². The van der Waals surface area contributed by atoms with Crippen LogP contribution in [0.2, 0.25) is 0 Å². The van der Waals surface area contributed by atoms with Crippen molar-refractivity contribution in [2.45, 2.75) is 38.9 Å². The van der Waals surface area contributed by atoms with Crippen molar-refractivity contribution >= 4 is 11.8 Å². The number of hydrogen-bond donors (Lipinski definition) is 1. The lowest BCUT2D eigenvalue weighted by Gasteiger charge is -2.38. The van der Waals surface area contributed by atoms with Crippen LogP contribution in [0.25, 0.3) is 0 Å². The zero-order chi connectivity index (χ0) is 13.8. The molecule has 1 aromatic rings. The Hall–Kier alpha value is -1.62. The third-order valence-corrected chi connectivity index (χ3v) is 3.46. The molecule has 2 atom stereocenters. The molecule has 1 aliphatic heterocycles. The number of anilines is 1. The number of ether oxygens (including phenoxy) is 1. The molecule has 1 fully saturated rings. The molecule has 2 heterocycles. The maximum Gasteiger partial charge on any atom is 0.335 e. The van der Waals surface area contributed by atoms with Gasteiger partial charge in [-0.15, -0.1) is 0 Å². The molecule has 0 aliphatic carbocycles. The molecule has 0 spiro atoms. The molecule has 104 valence electrons. The van der Waals surface area contributed by atoms with Crippen LogP contribution in [0.3, 0.4) is 0 Å². The minimum absolute atomic E-state index is 0.189. The highest BCUT2D eigenvalue weighted by atomic mass is 16.5. The van der Waals surface area contributed by atoms with E-state index in [1.54, 1.807) is 12.3 Å². The Morgan fingerprint density at radius 2 is 2.05 bits per heavy atom. The lowest BCUT2D eigenvalue weighted by atomic mass is 10.1. The fraction of sp³-hybridized carbons (Fsp3) is 0.571. The minimum Gasteiger partial charge on any atom is -0.478 e. The molecule has 5 heteroatoms. The predicted molar refractivity (Wildman–Crippen MR) is 72.7 cm³/mol. The number of nitrogens with zero attached hydrogens (tertiary/aromatic N) is 2. The van der Waals surface area contributed by atoms with Crippen LogP contribution in [0.4, 0.5) is 5.82 Å². The summed E-state index contributed by atoms with van der Waals surface area (Å²) in [5, 5.41) is 9.03. The van der Waals surface area contributed by atoms with E-state index < -0.39 is 5.97 Å². The molecule has 2 unspecified atom stereocenters. The van der Waals surface area contributed by atoms with Crippen LogP contribution in [0.15, 0.2) is 18.3 Å². The number of pyridine rings is 1. The number of carboxylic acids is 1. The van der Waals surface area contributed by atoms with Crippen LogP contribution in [-0.4, -0.2) is 41.4 Å². The maximum atomic E-state index is 11.0. The van der Waals surface area contributed by atoms with Crippen molar-refractivity contribution in [3.05, 3.63) is 23.9 Å². The average Bonchev–Trinajstić information content (AvgIpc) is 2.46. The number of carbonyl (C=O) groups is 1. The van der Waals surface area contributed by atoms with E-state index in [4.69, 9.17) is 9.84 Å². The Morgan fingerprint density at radius 3 is 2.58 bits per heavy atom. The first kappa shape index (κ1) is 13.8. The summed E-state index contributed by atoms with van der Waals surface area (Å²) in [4.78, 5) is 17.4. The summed E-state index contributed by atoms with van der Waals surface area (Å²) in [6.07, 6.45) is 3.83. The van der Waals surface area contributed by atoms with Gasteiger partial charge in [0.1, 0.15) is 5.82 Å². The van der Waals surface area contributed by atoms with Gasteiger partial charge in [-0.1, -0.05) is 13.8 Å². The lowest BCUT2D eigenvalue weighted by Crippen LogP contribution is -2.47. The van der Waals surface area contributed by atoms with Crippen molar-refractivity contribution < 1.29 is 14.6 Å². The number of aromatic nitrogens is 1. The highest BCUT2D eigenvalue weighted by Crippen LogP contribution is 2.21. The summed E-state index contributed by atoms with van der Waals surface area (Å²) in [5.74, 6) is -0.198. The summed E-state index contributed by atoms with van der Waals surface area (Å²) >= 11 is 0. The van der Waals surface area contributed by atoms with Crippen molar-refractivity contribution in [1.29, 1.82) is 0 Å². The molecule has 1 saturated heterocycles. The molecule has 0 radical (unpaired) electrons. The van der Waals surface area contributed by atoms with Crippen molar-refractivity contribution in [2.75, 3.05) is 18.0 Å². The molecule has 1 aliphatic rings. The van der Waals surface area contributed by atoms with Gasteiger partial charge in [0.05, 0.1) is 17.8 Å². The Labute approximate surface area is 113 Å². The van der Waals surface area contributed by atoms with Gasteiger partial charge >= 0.3 is 5.97 Å². The minimum atomic E-state index is -0.920. The average molecular weight is 264 g/mol. The zero-order valence-corrected chi connectivity index (χ0v) is 11.4. The molecule has 2 rings (SSSR count). The van der Waals surface area contributed by atoms with E-state index in [1.165, 1.54) is 6.07 Å². The number of morpholine rings is 1. The fourth-order valence-corrected chi connectivity index (χ4v) is 2.29. The monoisotopic (exact) mass is 264 g/mol. The second-order valence-electron chi connectivity index (χ2n) is 4.81. The molecule has 19 heavy (non-hydrogen) atoms. The standard InChI is InChI=1S/C14H20N2O3/c1-3-11-8-16(9-12(4-2)19-11)13-7-10(14(17)18)5-6-15-13/h5-7,11-12H,3-4,8-9H2,1-2H3,(H,17,18). The summed E-state index contributed by atoms with van der Waals surface area (Å²) in [7, 11) is 0. The van der Waals surface area contributed by atoms with Crippen molar-refractivity contribution in [1.82, 2.24) is 4.98 Å². The molecule has 0 saturated carbocycles. The van der Waals surface area contributed by atoms with Gasteiger partial charge in [0, 0.05) is 19.3 Å². The second-order valence-corrected chi connectivity index (χ2v) is 4.81. The summed E-state index contributed by atoms with van der Waals surface area (Å²) in [6, 6.07) is 3.15. The molecule has 1 aromatic heterocycles. The van der Waals surface area contributed by atoms with Gasteiger partial charge in [-0.2, -0.15) is 0 Å². The number of hydrogen-bond acceptors (Lipinski definition) is 4. The third-order valence-electron chi connectivity index (χ3n) is 3.46. The van der Waals surface area contributed by atoms with E-state index in [2.05, 4.69) is 23.7 Å². The van der Waals surface area contributed by atoms with E-state index in [-0.39, 0.29) is 17.8 Å². The second kappa shape index (κ2) is 6.02. The van der Waals surface area contributed by atoms with Crippen molar-refractivity contribution in [2.24, 2.45) is 0 Å². The molecule has 0 aromatic carbocycles. The molecule has 0 bridgehead atoms. The third kappa shape index (κ3) is 3.23. The first-order chi connectivity index (χ1) is 9.13. The van der Waals surface area contributed by atoms with E-state index >= 15 is 0 Å². The quantitative estimate of drug-likeness (QED) is 0.903. The first-order valence-corrected chi connectivity index (χ1v) is 6.73. The van der Waals surface area contributed by atoms with E-state index in [1.807, 2.05) is 0 Å². The van der Waals surface area contributed by atoms with E-state index in [0.717, 1.165) is 31.7 Å². The molecular formula is C14H20N2O3. The largest absolute Gasteiger partial charge is 0.478 e. The van der Waals surface area contributed by atoms with Gasteiger partial charge in [-0.3, -0.25) is 0 Å². The topological polar surface area (TPSA) is 62.7 Å². The molecular weight excluding hydrogens is 244 g/mol. The normalized spacial score (nSPS) is 23.4. The zero-order valence-electron chi connectivity index (χ0n) is 11.4. The van der Waals surface area contributed by atoms with Crippen LogP contribution in [0.5, 0.6) is 0 Å². The van der Waals surface area contributed by atoms with Crippen LogP contribution >= 0.6 is 0 Å². The summed E-state index contributed by atoms with van der Waals surface area (Å²) in [6.45, 7) is 5.73. The highest BCUT2D eigenvalue weighted by molar-refractivity contribution is 5.88. The Kier molecular flexibility index (Phi) is 4.37. The highest BCUT2D eigenvalue weighted by Gasteiger charge is 2.26.